The predicted molar refractivity (Wildman–Crippen MR) is 101 cm³/mol. The van der Waals surface area contributed by atoms with Gasteiger partial charge in [0.2, 0.25) is 5.91 Å². The fraction of sp³-hybridized carbons (Fsp3) is 0.300. The van der Waals surface area contributed by atoms with E-state index in [9.17, 15) is 23.2 Å². The number of aromatic nitrogens is 1. The van der Waals surface area contributed by atoms with Crippen molar-refractivity contribution in [2.75, 3.05) is 11.9 Å². The van der Waals surface area contributed by atoms with Gasteiger partial charge in [-0.2, -0.15) is 0 Å². The predicted octanol–water partition coefficient (Wildman–Crippen LogP) is 2.40. The Balaban J connectivity index is 1.81. The van der Waals surface area contributed by atoms with Crippen LogP contribution >= 0.6 is 0 Å². The Hall–Kier alpha value is -3.36. The quantitative estimate of drug-likeness (QED) is 0.769. The maximum Gasteiger partial charge on any atom is 0.313 e. The van der Waals surface area contributed by atoms with Crippen LogP contribution in [0.2, 0.25) is 0 Å². The summed E-state index contributed by atoms with van der Waals surface area (Å²) >= 11 is 0. The summed E-state index contributed by atoms with van der Waals surface area (Å²) < 4.78 is 27.0. The van der Waals surface area contributed by atoms with Gasteiger partial charge in [-0.25, -0.2) is 8.78 Å². The highest BCUT2D eigenvalue weighted by Crippen LogP contribution is 2.34. The number of anilines is 1. The fourth-order valence-electron chi connectivity index (χ4n) is 3.40. The highest BCUT2D eigenvalue weighted by Gasteiger charge is 2.34. The molecule has 1 aromatic carbocycles. The van der Waals surface area contributed by atoms with Crippen LogP contribution in [0.3, 0.4) is 0 Å². The van der Waals surface area contributed by atoms with Gasteiger partial charge in [0, 0.05) is 12.7 Å². The number of hydrogen-bond acceptors (Lipinski definition) is 4. The molecule has 152 valence electrons. The molecule has 29 heavy (non-hydrogen) atoms. The van der Waals surface area contributed by atoms with Gasteiger partial charge < -0.3 is 16.0 Å². The smallest absolute Gasteiger partial charge is 0.313 e. The lowest BCUT2D eigenvalue weighted by Crippen LogP contribution is -2.46. The molecule has 3 rings (SSSR count). The van der Waals surface area contributed by atoms with Crippen molar-refractivity contribution in [3.63, 3.8) is 0 Å². The zero-order valence-electron chi connectivity index (χ0n) is 15.7. The second-order valence-electron chi connectivity index (χ2n) is 7.11. The van der Waals surface area contributed by atoms with Crippen molar-refractivity contribution in [3.8, 4) is 0 Å². The van der Waals surface area contributed by atoms with Crippen LogP contribution in [0.5, 0.6) is 0 Å². The van der Waals surface area contributed by atoms with E-state index in [2.05, 4.69) is 10.3 Å². The molecule has 0 aliphatic carbocycles. The number of halogens is 2. The lowest BCUT2D eigenvalue weighted by molar-refractivity contribution is -0.146. The number of primary amides is 1. The van der Waals surface area contributed by atoms with Crippen molar-refractivity contribution in [1.29, 1.82) is 0 Å². The first-order valence-corrected chi connectivity index (χ1v) is 9.08. The molecule has 2 heterocycles. The number of benzene rings is 1. The molecule has 1 aliphatic heterocycles. The topological polar surface area (TPSA) is 105 Å². The van der Waals surface area contributed by atoms with Crippen LogP contribution in [-0.4, -0.2) is 34.2 Å². The summed E-state index contributed by atoms with van der Waals surface area (Å²) in [6.07, 6.45) is 3.82. The SMILES string of the molecule is CC1CCC(c2ccc(F)c(F)c2)N(C(=O)C(=O)Nc2cncc(C(N)=O)c2)C1. The second-order valence-corrected chi connectivity index (χ2v) is 7.11. The zero-order valence-corrected chi connectivity index (χ0v) is 15.7. The van der Waals surface area contributed by atoms with Gasteiger partial charge >= 0.3 is 11.8 Å². The molecule has 0 spiro atoms. The molecule has 3 N–H and O–H groups in total. The third-order valence-corrected chi connectivity index (χ3v) is 4.88. The van der Waals surface area contributed by atoms with E-state index >= 15 is 0 Å². The summed E-state index contributed by atoms with van der Waals surface area (Å²) in [4.78, 5) is 41.8. The van der Waals surface area contributed by atoms with E-state index in [1.807, 2.05) is 6.92 Å². The molecule has 0 saturated carbocycles. The number of piperidine rings is 1. The van der Waals surface area contributed by atoms with Gasteiger partial charge in [0.1, 0.15) is 0 Å². The van der Waals surface area contributed by atoms with Gasteiger partial charge in [-0.3, -0.25) is 19.4 Å². The Morgan fingerprint density at radius 2 is 1.90 bits per heavy atom. The molecule has 2 unspecified atom stereocenters. The van der Waals surface area contributed by atoms with Gasteiger partial charge in [-0.1, -0.05) is 13.0 Å². The number of carbonyl (C=O) groups is 3. The van der Waals surface area contributed by atoms with Gasteiger partial charge in [-0.05, 0) is 42.5 Å². The first-order chi connectivity index (χ1) is 13.8. The van der Waals surface area contributed by atoms with Crippen LogP contribution in [-0.2, 0) is 9.59 Å². The zero-order chi connectivity index (χ0) is 21.1. The highest BCUT2D eigenvalue weighted by atomic mass is 19.2. The van der Waals surface area contributed by atoms with Crippen LogP contribution in [0, 0.1) is 17.6 Å². The summed E-state index contributed by atoms with van der Waals surface area (Å²) in [5, 5.41) is 2.41. The highest BCUT2D eigenvalue weighted by molar-refractivity contribution is 6.39. The lowest BCUT2D eigenvalue weighted by Gasteiger charge is -2.38. The molecule has 1 saturated heterocycles. The molecule has 7 nitrogen and oxygen atoms in total. The van der Waals surface area contributed by atoms with Crippen molar-refractivity contribution < 1.29 is 23.2 Å². The number of rotatable bonds is 3. The lowest BCUT2D eigenvalue weighted by atomic mass is 9.89. The van der Waals surface area contributed by atoms with Crippen molar-refractivity contribution in [2.45, 2.75) is 25.8 Å². The summed E-state index contributed by atoms with van der Waals surface area (Å²) in [7, 11) is 0. The maximum absolute atomic E-state index is 13.7. The minimum Gasteiger partial charge on any atom is -0.366 e. The van der Waals surface area contributed by atoms with E-state index < -0.39 is 35.4 Å². The number of nitrogens with two attached hydrogens (primary N) is 1. The number of carbonyl (C=O) groups excluding carboxylic acids is 3. The number of nitrogens with one attached hydrogen (secondary N) is 1. The van der Waals surface area contributed by atoms with Gasteiger partial charge in [0.15, 0.2) is 11.6 Å². The molecule has 1 fully saturated rings. The van der Waals surface area contributed by atoms with E-state index in [-0.39, 0.29) is 17.2 Å². The van der Waals surface area contributed by atoms with E-state index in [4.69, 9.17) is 5.73 Å². The second kappa shape index (κ2) is 8.34. The van der Waals surface area contributed by atoms with Crippen molar-refractivity contribution in [3.05, 3.63) is 59.4 Å². The average Bonchev–Trinajstić information content (AvgIpc) is 2.69. The number of amides is 3. The van der Waals surface area contributed by atoms with Gasteiger partial charge in [0.25, 0.3) is 0 Å². The minimum atomic E-state index is -1.01. The van der Waals surface area contributed by atoms with Crippen LogP contribution in [0.15, 0.2) is 36.7 Å². The number of nitrogens with zero attached hydrogens (tertiary/aromatic N) is 2. The molecule has 3 amide bonds. The average molecular weight is 402 g/mol. The monoisotopic (exact) mass is 402 g/mol. The third kappa shape index (κ3) is 4.56. The molecule has 1 aliphatic rings. The Labute approximate surface area is 165 Å². The van der Waals surface area contributed by atoms with Gasteiger partial charge in [0.05, 0.1) is 23.5 Å². The minimum absolute atomic E-state index is 0.0847. The summed E-state index contributed by atoms with van der Waals surface area (Å²) in [6.45, 7) is 2.25. The standard InChI is InChI=1S/C20H20F2N4O3/c1-11-2-5-17(12-3-4-15(21)16(22)7-12)26(10-11)20(29)19(28)25-14-6-13(18(23)27)8-24-9-14/h3-4,6-9,11,17H,2,5,10H2,1H3,(H2,23,27)(H,25,28). The molecule has 2 atom stereocenters. The molecule has 0 radical (unpaired) electrons. The van der Waals surface area contributed by atoms with E-state index in [1.165, 1.54) is 29.4 Å². The number of hydrogen-bond donors (Lipinski definition) is 2. The maximum atomic E-state index is 13.7. The van der Waals surface area contributed by atoms with E-state index in [0.29, 0.717) is 18.5 Å². The summed E-state index contributed by atoms with van der Waals surface area (Å²) in [6, 6.07) is 4.24. The molecule has 0 bridgehead atoms. The first kappa shape index (κ1) is 20.4. The Bertz CT molecular complexity index is 966. The third-order valence-electron chi connectivity index (χ3n) is 4.88. The van der Waals surface area contributed by atoms with Crippen LogP contribution in [0.1, 0.15) is 41.7 Å². The van der Waals surface area contributed by atoms with Crippen LogP contribution in [0.4, 0.5) is 14.5 Å². The first-order valence-electron chi connectivity index (χ1n) is 9.08. The normalized spacial score (nSPS) is 18.9. The molecule has 2 aromatic rings. The van der Waals surface area contributed by atoms with Crippen molar-refractivity contribution in [2.24, 2.45) is 11.7 Å². The van der Waals surface area contributed by atoms with Crippen LogP contribution in [0.25, 0.3) is 0 Å². The Morgan fingerprint density at radius 1 is 1.14 bits per heavy atom. The van der Waals surface area contributed by atoms with E-state index in [1.54, 1.807) is 0 Å². The Morgan fingerprint density at radius 3 is 2.59 bits per heavy atom. The number of likely N-dealkylation sites (tertiary alicyclic amines) is 1. The number of pyridine rings is 1. The van der Waals surface area contributed by atoms with E-state index in [0.717, 1.165) is 18.6 Å². The molecule has 9 heteroatoms. The largest absolute Gasteiger partial charge is 0.366 e. The van der Waals surface area contributed by atoms with Gasteiger partial charge in [-0.15, -0.1) is 0 Å². The molecular weight excluding hydrogens is 382 g/mol. The van der Waals surface area contributed by atoms with Crippen molar-refractivity contribution >= 4 is 23.4 Å². The fourth-order valence-corrected chi connectivity index (χ4v) is 3.40. The van der Waals surface area contributed by atoms with Crippen molar-refractivity contribution in [1.82, 2.24) is 9.88 Å². The molecular formula is C20H20F2N4O3. The summed E-state index contributed by atoms with van der Waals surface area (Å²) in [5.41, 5.74) is 5.84. The van der Waals surface area contributed by atoms with Crippen LogP contribution < -0.4 is 11.1 Å². The summed E-state index contributed by atoms with van der Waals surface area (Å²) in [5.74, 6) is -4.29. The Kier molecular flexibility index (Phi) is 5.86. The molecule has 1 aromatic heterocycles.